The van der Waals surface area contributed by atoms with Gasteiger partial charge in [-0.1, -0.05) is 13.8 Å². The zero-order valence-electron chi connectivity index (χ0n) is 13.1. The molecular formula is C16H28N4O. The number of urea groups is 1. The van der Waals surface area contributed by atoms with Crippen LogP contribution in [0.2, 0.25) is 0 Å². The molecule has 4 fully saturated rings. The summed E-state index contributed by atoms with van der Waals surface area (Å²) in [6.07, 6.45) is 7.51. The first-order valence-corrected chi connectivity index (χ1v) is 8.29. The van der Waals surface area contributed by atoms with Gasteiger partial charge < -0.3 is 16.4 Å². The van der Waals surface area contributed by atoms with Gasteiger partial charge in [0.25, 0.3) is 0 Å². The Morgan fingerprint density at radius 3 is 2.00 bits per heavy atom. The molecule has 4 saturated carbocycles. The number of nitrogens with two attached hydrogens (primary N) is 1. The standard InChI is InChI=1S/C16H28N4O/c1-9(2)13(14(17)18)19-15(21)20-16-6-10-3-11(7-16)5-12(4-10)8-16/h9-13H,3-8H2,1-2H3,(H3,17,18)(H2,19,20,21). The Labute approximate surface area is 126 Å². The van der Waals surface area contributed by atoms with Gasteiger partial charge in [-0.2, -0.15) is 0 Å². The molecule has 0 spiro atoms. The number of carbonyl (C=O) groups is 1. The minimum atomic E-state index is -0.376. The highest BCUT2D eigenvalue weighted by Crippen LogP contribution is 2.55. The van der Waals surface area contributed by atoms with Gasteiger partial charge in [-0.25, -0.2) is 4.79 Å². The van der Waals surface area contributed by atoms with Crippen molar-refractivity contribution in [1.29, 1.82) is 5.41 Å². The van der Waals surface area contributed by atoms with E-state index in [2.05, 4.69) is 10.6 Å². The van der Waals surface area contributed by atoms with Crippen molar-refractivity contribution >= 4 is 11.9 Å². The predicted octanol–water partition coefficient (Wildman–Crippen LogP) is 2.21. The fourth-order valence-corrected chi connectivity index (χ4v) is 5.29. The summed E-state index contributed by atoms with van der Waals surface area (Å²) >= 11 is 0. The van der Waals surface area contributed by atoms with E-state index in [0.717, 1.165) is 37.0 Å². The number of hydrogen-bond donors (Lipinski definition) is 4. The number of carbonyl (C=O) groups excluding carboxylic acids is 1. The number of hydrogen-bond acceptors (Lipinski definition) is 2. The van der Waals surface area contributed by atoms with Gasteiger partial charge in [0.1, 0.15) is 5.84 Å². The van der Waals surface area contributed by atoms with Crippen molar-refractivity contribution in [3.63, 3.8) is 0 Å². The molecule has 1 unspecified atom stereocenters. The van der Waals surface area contributed by atoms with E-state index in [9.17, 15) is 4.79 Å². The predicted molar refractivity (Wildman–Crippen MR) is 83.1 cm³/mol. The zero-order valence-corrected chi connectivity index (χ0v) is 13.1. The van der Waals surface area contributed by atoms with Gasteiger partial charge in [0.05, 0.1) is 6.04 Å². The molecule has 5 heteroatoms. The van der Waals surface area contributed by atoms with Gasteiger partial charge in [0, 0.05) is 5.54 Å². The van der Waals surface area contributed by atoms with Crippen LogP contribution in [0.3, 0.4) is 0 Å². The van der Waals surface area contributed by atoms with Crippen LogP contribution >= 0.6 is 0 Å². The summed E-state index contributed by atoms with van der Waals surface area (Å²) in [5.74, 6) is 2.59. The summed E-state index contributed by atoms with van der Waals surface area (Å²) in [5.41, 5.74) is 5.60. The summed E-state index contributed by atoms with van der Waals surface area (Å²) in [7, 11) is 0. The van der Waals surface area contributed by atoms with Crippen LogP contribution in [0, 0.1) is 29.1 Å². The van der Waals surface area contributed by atoms with E-state index in [1.54, 1.807) is 0 Å². The van der Waals surface area contributed by atoms with Crippen molar-refractivity contribution in [2.24, 2.45) is 29.4 Å². The molecule has 4 bridgehead atoms. The van der Waals surface area contributed by atoms with Crippen molar-refractivity contribution in [1.82, 2.24) is 10.6 Å². The van der Waals surface area contributed by atoms with Crippen LogP contribution < -0.4 is 16.4 Å². The van der Waals surface area contributed by atoms with Crippen LogP contribution in [-0.2, 0) is 0 Å². The topological polar surface area (TPSA) is 91.0 Å². The third-order valence-electron chi connectivity index (χ3n) is 5.71. The molecule has 118 valence electrons. The Balaban J connectivity index is 1.63. The first kappa shape index (κ1) is 14.7. The van der Waals surface area contributed by atoms with Crippen molar-refractivity contribution < 1.29 is 4.79 Å². The van der Waals surface area contributed by atoms with E-state index in [-0.39, 0.29) is 29.4 Å². The minimum absolute atomic E-state index is 0.0111. The van der Waals surface area contributed by atoms with Crippen LogP contribution in [0.5, 0.6) is 0 Å². The average Bonchev–Trinajstić information content (AvgIpc) is 2.32. The Morgan fingerprint density at radius 2 is 1.62 bits per heavy atom. The van der Waals surface area contributed by atoms with E-state index in [0.29, 0.717) is 0 Å². The summed E-state index contributed by atoms with van der Waals surface area (Å²) in [6, 6.07) is -0.523. The minimum Gasteiger partial charge on any atom is -0.386 e. The maximum Gasteiger partial charge on any atom is 0.315 e. The Hall–Kier alpha value is -1.26. The van der Waals surface area contributed by atoms with E-state index >= 15 is 0 Å². The van der Waals surface area contributed by atoms with E-state index < -0.39 is 0 Å². The molecule has 1 atom stereocenters. The van der Waals surface area contributed by atoms with Crippen LogP contribution in [-0.4, -0.2) is 23.4 Å². The molecule has 5 N–H and O–H groups in total. The van der Waals surface area contributed by atoms with E-state index in [4.69, 9.17) is 11.1 Å². The van der Waals surface area contributed by atoms with Crippen molar-refractivity contribution in [3.8, 4) is 0 Å². The third-order valence-corrected chi connectivity index (χ3v) is 5.71. The van der Waals surface area contributed by atoms with Gasteiger partial charge in [-0.15, -0.1) is 0 Å². The van der Waals surface area contributed by atoms with Crippen LogP contribution in [0.25, 0.3) is 0 Å². The second kappa shape index (κ2) is 5.18. The van der Waals surface area contributed by atoms with Gasteiger partial charge in [-0.3, -0.25) is 5.41 Å². The second-order valence-electron chi connectivity index (χ2n) is 7.97. The normalized spacial score (nSPS) is 38.3. The number of nitrogens with one attached hydrogen (secondary N) is 3. The zero-order chi connectivity index (χ0) is 15.2. The van der Waals surface area contributed by atoms with Crippen LogP contribution in [0.1, 0.15) is 52.4 Å². The fourth-order valence-electron chi connectivity index (χ4n) is 5.29. The molecular weight excluding hydrogens is 264 g/mol. The SMILES string of the molecule is CC(C)C(NC(=O)NC12CC3CC(CC(C3)C1)C2)C(=N)N. The first-order valence-electron chi connectivity index (χ1n) is 8.29. The molecule has 21 heavy (non-hydrogen) atoms. The molecule has 0 heterocycles. The largest absolute Gasteiger partial charge is 0.386 e. The molecule has 4 aliphatic carbocycles. The average molecular weight is 292 g/mol. The Kier molecular flexibility index (Phi) is 3.62. The second-order valence-corrected chi connectivity index (χ2v) is 7.97. The maximum absolute atomic E-state index is 12.4. The molecule has 0 aromatic heterocycles. The summed E-state index contributed by atoms with van der Waals surface area (Å²) in [6.45, 7) is 3.94. The first-order chi connectivity index (χ1) is 9.87. The molecule has 2 amide bonds. The summed E-state index contributed by atoms with van der Waals surface area (Å²) in [5, 5.41) is 13.8. The lowest BCUT2D eigenvalue weighted by atomic mass is 9.53. The van der Waals surface area contributed by atoms with Gasteiger partial charge in [-0.05, 0) is 62.2 Å². The number of amides is 2. The Morgan fingerprint density at radius 1 is 1.14 bits per heavy atom. The third kappa shape index (κ3) is 2.87. The number of amidine groups is 1. The Bertz CT molecular complexity index is 410. The van der Waals surface area contributed by atoms with Gasteiger partial charge >= 0.3 is 6.03 Å². The molecule has 0 aliphatic heterocycles. The maximum atomic E-state index is 12.4. The monoisotopic (exact) mass is 292 g/mol. The van der Waals surface area contributed by atoms with Gasteiger partial charge in [0.2, 0.25) is 0 Å². The van der Waals surface area contributed by atoms with Crippen LogP contribution in [0.4, 0.5) is 4.79 Å². The molecule has 0 aromatic carbocycles. The highest BCUT2D eigenvalue weighted by Gasteiger charge is 2.51. The summed E-state index contributed by atoms with van der Waals surface area (Å²) < 4.78 is 0. The molecule has 4 rings (SSSR count). The number of rotatable bonds is 4. The van der Waals surface area contributed by atoms with E-state index in [1.165, 1.54) is 19.3 Å². The van der Waals surface area contributed by atoms with Gasteiger partial charge in [0.15, 0.2) is 0 Å². The molecule has 0 aromatic rings. The molecule has 0 saturated heterocycles. The smallest absolute Gasteiger partial charge is 0.315 e. The van der Waals surface area contributed by atoms with E-state index in [1.807, 2.05) is 13.8 Å². The highest BCUT2D eigenvalue weighted by atomic mass is 16.2. The summed E-state index contributed by atoms with van der Waals surface area (Å²) in [4.78, 5) is 12.4. The lowest BCUT2D eigenvalue weighted by Gasteiger charge is -2.56. The van der Waals surface area contributed by atoms with Crippen molar-refractivity contribution in [2.75, 3.05) is 0 Å². The van der Waals surface area contributed by atoms with Crippen molar-refractivity contribution in [2.45, 2.75) is 64.0 Å². The van der Waals surface area contributed by atoms with Crippen LogP contribution in [0.15, 0.2) is 0 Å². The molecule has 0 radical (unpaired) electrons. The molecule has 5 nitrogen and oxygen atoms in total. The lowest BCUT2D eigenvalue weighted by Crippen LogP contribution is -2.63. The quantitative estimate of drug-likeness (QED) is 0.472. The lowest BCUT2D eigenvalue weighted by molar-refractivity contribution is -0.0136. The highest BCUT2D eigenvalue weighted by molar-refractivity contribution is 5.88. The van der Waals surface area contributed by atoms with Crippen molar-refractivity contribution in [3.05, 3.63) is 0 Å². The fraction of sp³-hybridized carbons (Fsp3) is 0.875. The molecule has 4 aliphatic rings.